The maximum Gasteiger partial charge on any atom is 0.0272 e. The van der Waals surface area contributed by atoms with Gasteiger partial charge < -0.3 is 5.73 Å². The minimum Gasteiger partial charge on any atom is -0.326 e. The Kier molecular flexibility index (Phi) is 4.38. The Morgan fingerprint density at radius 3 is 2.44 bits per heavy atom. The van der Waals surface area contributed by atoms with Crippen molar-refractivity contribution in [3.63, 3.8) is 0 Å². The standard InChI is InChI=1S/C16H32N2/c1-12-10-13(2)15(14(17)11-12)18-8-5-6-16(3,4)7-9-18/h12-15H,5-11,17H2,1-4H3. The van der Waals surface area contributed by atoms with Crippen LogP contribution in [0.1, 0.15) is 59.8 Å². The highest BCUT2D eigenvalue weighted by Gasteiger charge is 2.37. The van der Waals surface area contributed by atoms with E-state index in [-0.39, 0.29) is 0 Å². The smallest absolute Gasteiger partial charge is 0.0272 e. The molecule has 2 N–H and O–H groups in total. The fourth-order valence-corrected chi connectivity index (χ4v) is 4.27. The van der Waals surface area contributed by atoms with E-state index in [9.17, 15) is 0 Å². The third-order valence-corrected chi connectivity index (χ3v) is 5.27. The van der Waals surface area contributed by atoms with E-state index in [0.717, 1.165) is 11.8 Å². The van der Waals surface area contributed by atoms with Gasteiger partial charge in [0.25, 0.3) is 0 Å². The number of rotatable bonds is 1. The Balaban J connectivity index is 2.01. The number of hydrogen-bond acceptors (Lipinski definition) is 2. The maximum absolute atomic E-state index is 6.47. The summed E-state index contributed by atoms with van der Waals surface area (Å²) in [6.45, 7) is 12.1. The largest absolute Gasteiger partial charge is 0.326 e. The molecule has 106 valence electrons. The second-order valence-corrected chi connectivity index (χ2v) is 7.76. The topological polar surface area (TPSA) is 29.3 Å². The Morgan fingerprint density at radius 1 is 1.06 bits per heavy atom. The summed E-state index contributed by atoms with van der Waals surface area (Å²) in [4.78, 5) is 2.72. The first-order chi connectivity index (χ1) is 8.39. The van der Waals surface area contributed by atoms with Crippen LogP contribution < -0.4 is 5.73 Å². The van der Waals surface area contributed by atoms with E-state index in [1.807, 2.05) is 0 Å². The summed E-state index contributed by atoms with van der Waals surface area (Å²) in [5.74, 6) is 1.58. The van der Waals surface area contributed by atoms with Crippen LogP contribution in [0.25, 0.3) is 0 Å². The molecule has 4 atom stereocenters. The van der Waals surface area contributed by atoms with Gasteiger partial charge in [-0.05, 0) is 62.4 Å². The number of nitrogens with zero attached hydrogens (tertiary/aromatic N) is 1. The lowest BCUT2D eigenvalue weighted by molar-refractivity contribution is 0.0757. The molecule has 18 heavy (non-hydrogen) atoms. The molecular weight excluding hydrogens is 220 g/mol. The zero-order chi connectivity index (χ0) is 13.3. The van der Waals surface area contributed by atoms with E-state index >= 15 is 0 Å². The normalized spacial score (nSPS) is 42.5. The van der Waals surface area contributed by atoms with Crippen LogP contribution in [-0.2, 0) is 0 Å². The van der Waals surface area contributed by atoms with Gasteiger partial charge in [-0.3, -0.25) is 4.90 Å². The molecule has 0 aromatic carbocycles. The van der Waals surface area contributed by atoms with Crippen molar-refractivity contribution in [3.8, 4) is 0 Å². The molecule has 4 unspecified atom stereocenters. The first kappa shape index (κ1) is 14.3. The van der Waals surface area contributed by atoms with Gasteiger partial charge in [-0.25, -0.2) is 0 Å². The molecule has 1 heterocycles. The Morgan fingerprint density at radius 2 is 1.78 bits per heavy atom. The van der Waals surface area contributed by atoms with Gasteiger partial charge in [-0.1, -0.05) is 27.7 Å². The van der Waals surface area contributed by atoms with Gasteiger partial charge in [-0.2, -0.15) is 0 Å². The lowest BCUT2D eigenvalue weighted by Crippen LogP contribution is -2.55. The lowest BCUT2D eigenvalue weighted by atomic mass is 9.76. The Labute approximate surface area is 113 Å². The van der Waals surface area contributed by atoms with Gasteiger partial charge in [0, 0.05) is 12.1 Å². The molecule has 0 bridgehead atoms. The van der Waals surface area contributed by atoms with E-state index in [4.69, 9.17) is 5.73 Å². The SMILES string of the molecule is CC1CC(C)C(N2CCCC(C)(C)CC2)C(N)C1. The molecule has 2 heteroatoms. The molecule has 1 saturated carbocycles. The van der Waals surface area contributed by atoms with Gasteiger partial charge in [0.15, 0.2) is 0 Å². The first-order valence-electron chi connectivity index (χ1n) is 7.89. The summed E-state index contributed by atoms with van der Waals surface area (Å²) in [5, 5.41) is 0. The van der Waals surface area contributed by atoms with Crippen molar-refractivity contribution in [1.29, 1.82) is 0 Å². The highest BCUT2D eigenvalue weighted by atomic mass is 15.2. The summed E-state index contributed by atoms with van der Waals surface area (Å²) in [5.41, 5.74) is 7.00. The summed E-state index contributed by atoms with van der Waals surface area (Å²) < 4.78 is 0. The van der Waals surface area contributed by atoms with Crippen molar-refractivity contribution in [1.82, 2.24) is 4.90 Å². The highest BCUT2D eigenvalue weighted by molar-refractivity contribution is 4.93. The lowest BCUT2D eigenvalue weighted by Gasteiger charge is -2.44. The van der Waals surface area contributed by atoms with Gasteiger partial charge >= 0.3 is 0 Å². The molecule has 0 aromatic heterocycles. The van der Waals surface area contributed by atoms with Crippen molar-refractivity contribution < 1.29 is 0 Å². The summed E-state index contributed by atoms with van der Waals surface area (Å²) in [6, 6.07) is 1.03. The van der Waals surface area contributed by atoms with E-state index in [2.05, 4.69) is 32.6 Å². The first-order valence-corrected chi connectivity index (χ1v) is 7.89. The molecule has 2 nitrogen and oxygen atoms in total. The summed E-state index contributed by atoms with van der Waals surface area (Å²) in [6.07, 6.45) is 6.63. The fourth-order valence-electron chi connectivity index (χ4n) is 4.27. The second kappa shape index (κ2) is 5.50. The van der Waals surface area contributed by atoms with Crippen molar-refractivity contribution in [3.05, 3.63) is 0 Å². The maximum atomic E-state index is 6.47. The van der Waals surface area contributed by atoms with Crippen LogP contribution in [0.5, 0.6) is 0 Å². The van der Waals surface area contributed by atoms with Crippen molar-refractivity contribution in [2.45, 2.75) is 71.9 Å². The highest BCUT2D eigenvalue weighted by Crippen LogP contribution is 2.35. The second-order valence-electron chi connectivity index (χ2n) is 7.76. The molecule has 1 saturated heterocycles. The third-order valence-electron chi connectivity index (χ3n) is 5.27. The van der Waals surface area contributed by atoms with Crippen molar-refractivity contribution in [2.75, 3.05) is 13.1 Å². The van der Waals surface area contributed by atoms with E-state index < -0.39 is 0 Å². The fraction of sp³-hybridized carbons (Fsp3) is 1.00. The zero-order valence-corrected chi connectivity index (χ0v) is 12.8. The molecule has 0 radical (unpaired) electrons. The molecule has 0 aromatic rings. The quantitative estimate of drug-likeness (QED) is 0.776. The predicted octanol–water partition coefficient (Wildman–Crippen LogP) is 3.26. The average molecular weight is 252 g/mol. The third kappa shape index (κ3) is 3.27. The summed E-state index contributed by atoms with van der Waals surface area (Å²) in [7, 11) is 0. The number of likely N-dealkylation sites (tertiary alicyclic amines) is 1. The van der Waals surface area contributed by atoms with Crippen LogP contribution in [0, 0.1) is 17.3 Å². The van der Waals surface area contributed by atoms with Crippen molar-refractivity contribution >= 4 is 0 Å². The molecular formula is C16H32N2. The number of hydrogen-bond donors (Lipinski definition) is 1. The van der Waals surface area contributed by atoms with Crippen LogP contribution in [-0.4, -0.2) is 30.1 Å². The van der Waals surface area contributed by atoms with Crippen LogP contribution in [0.4, 0.5) is 0 Å². The van der Waals surface area contributed by atoms with E-state index in [1.54, 1.807) is 0 Å². The molecule has 1 aliphatic carbocycles. The van der Waals surface area contributed by atoms with Gasteiger partial charge in [0.2, 0.25) is 0 Å². The molecule has 0 spiro atoms. The van der Waals surface area contributed by atoms with Crippen LogP contribution in [0.2, 0.25) is 0 Å². The minimum absolute atomic E-state index is 0.393. The van der Waals surface area contributed by atoms with Crippen molar-refractivity contribution in [2.24, 2.45) is 23.0 Å². The summed E-state index contributed by atoms with van der Waals surface area (Å²) >= 11 is 0. The van der Waals surface area contributed by atoms with Crippen LogP contribution in [0.3, 0.4) is 0 Å². The Bertz CT molecular complexity index is 262. The predicted molar refractivity (Wildman–Crippen MR) is 78.5 cm³/mol. The molecule has 2 aliphatic rings. The number of nitrogens with two attached hydrogens (primary N) is 1. The van der Waals surface area contributed by atoms with Crippen LogP contribution >= 0.6 is 0 Å². The van der Waals surface area contributed by atoms with E-state index in [0.29, 0.717) is 17.5 Å². The minimum atomic E-state index is 0.393. The van der Waals surface area contributed by atoms with E-state index in [1.165, 1.54) is 45.2 Å². The van der Waals surface area contributed by atoms with Gasteiger partial charge in [0.05, 0.1) is 0 Å². The molecule has 1 aliphatic heterocycles. The van der Waals surface area contributed by atoms with Gasteiger partial charge in [-0.15, -0.1) is 0 Å². The monoisotopic (exact) mass is 252 g/mol. The van der Waals surface area contributed by atoms with Gasteiger partial charge in [0.1, 0.15) is 0 Å². The zero-order valence-electron chi connectivity index (χ0n) is 12.8. The Hall–Kier alpha value is -0.0800. The molecule has 2 fully saturated rings. The molecule has 2 rings (SSSR count). The average Bonchev–Trinajstić information content (AvgIpc) is 2.39. The van der Waals surface area contributed by atoms with Crippen LogP contribution in [0.15, 0.2) is 0 Å². The molecule has 0 amide bonds.